The lowest BCUT2D eigenvalue weighted by Gasteiger charge is -2.34. The van der Waals surface area contributed by atoms with E-state index >= 15 is 0 Å². The van der Waals surface area contributed by atoms with Gasteiger partial charge in [0.25, 0.3) is 0 Å². The lowest BCUT2D eigenvalue weighted by atomic mass is 9.71. The first-order chi connectivity index (χ1) is 5.14. The maximum Gasteiger partial charge on any atom is 0.0825 e. The first-order valence-corrected chi connectivity index (χ1v) is 4.72. The van der Waals surface area contributed by atoms with Crippen molar-refractivity contribution in [2.24, 2.45) is 11.3 Å². The molecule has 1 saturated carbocycles. The highest BCUT2D eigenvalue weighted by Gasteiger charge is 2.27. The summed E-state index contributed by atoms with van der Waals surface area (Å²) >= 11 is 0. The predicted octanol–water partition coefficient (Wildman–Crippen LogP) is 3.02. The van der Waals surface area contributed by atoms with E-state index in [-0.39, 0.29) is 6.61 Å². The fraction of sp³-hybridized carbons (Fsp3) is 1.00. The van der Waals surface area contributed by atoms with E-state index in [2.05, 4.69) is 13.8 Å². The second kappa shape index (κ2) is 3.57. The summed E-state index contributed by atoms with van der Waals surface area (Å²) in [5, 5.41) is 10.4. The number of hydrogen-bond donors (Lipinski definition) is 0. The molecule has 0 bridgehead atoms. The Morgan fingerprint density at radius 1 is 1.45 bits per heavy atom. The summed E-state index contributed by atoms with van der Waals surface area (Å²) in [6.07, 6.45) is 6.16. The average Bonchev–Trinajstić information content (AvgIpc) is 1.85. The zero-order chi connectivity index (χ0) is 8.32. The summed E-state index contributed by atoms with van der Waals surface area (Å²) < 4.78 is 0. The van der Waals surface area contributed by atoms with Crippen molar-refractivity contribution in [2.45, 2.75) is 46.0 Å². The number of rotatable bonds is 2. The lowest BCUT2D eigenvalue weighted by Crippen LogP contribution is -2.22. The van der Waals surface area contributed by atoms with Gasteiger partial charge >= 0.3 is 0 Å². The predicted molar refractivity (Wildman–Crippen MR) is 45.9 cm³/mol. The van der Waals surface area contributed by atoms with E-state index < -0.39 is 0 Å². The molecule has 0 spiro atoms. The van der Waals surface area contributed by atoms with Crippen molar-refractivity contribution in [1.82, 2.24) is 0 Å². The summed E-state index contributed by atoms with van der Waals surface area (Å²) in [5.74, 6) is 0.733. The first-order valence-electron chi connectivity index (χ1n) is 4.72. The van der Waals surface area contributed by atoms with Gasteiger partial charge in [0.15, 0.2) is 0 Å². The maximum atomic E-state index is 10.4. The molecule has 0 saturated heterocycles. The Balaban J connectivity index is 2.34. The Morgan fingerprint density at radius 2 is 2.18 bits per heavy atom. The van der Waals surface area contributed by atoms with E-state index in [1.54, 1.807) is 0 Å². The Morgan fingerprint density at radius 3 is 2.73 bits per heavy atom. The second-order valence-corrected chi connectivity index (χ2v) is 4.62. The molecule has 65 valence electrons. The number of hydrogen-bond acceptors (Lipinski definition) is 0. The van der Waals surface area contributed by atoms with Crippen LogP contribution in [0.1, 0.15) is 46.0 Å². The van der Waals surface area contributed by atoms with E-state index in [4.69, 9.17) is 0 Å². The van der Waals surface area contributed by atoms with Crippen molar-refractivity contribution in [3.63, 3.8) is 0 Å². The Kier molecular flexibility index (Phi) is 2.94. The minimum atomic E-state index is 0.126. The van der Waals surface area contributed by atoms with Gasteiger partial charge in [0.2, 0.25) is 0 Å². The van der Waals surface area contributed by atoms with E-state index in [1.807, 2.05) is 0 Å². The van der Waals surface area contributed by atoms with Gasteiger partial charge in [-0.25, -0.2) is 5.11 Å². The van der Waals surface area contributed by atoms with Crippen LogP contribution in [0.5, 0.6) is 0 Å². The Bertz CT molecular complexity index is 116. The van der Waals surface area contributed by atoms with Crippen molar-refractivity contribution < 1.29 is 5.11 Å². The monoisotopic (exact) mass is 155 g/mol. The first kappa shape index (κ1) is 9.05. The molecule has 1 radical (unpaired) electrons. The van der Waals surface area contributed by atoms with Crippen LogP contribution < -0.4 is 0 Å². The quantitative estimate of drug-likeness (QED) is 0.584. The van der Waals surface area contributed by atoms with Gasteiger partial charge in [0.05, 0.1) is 6.61 Å². The maximum absolute atomic E-state index is 10.4. The molecule has 1 aliphatic rings. The van der Waals surface area contributed by atoms with Crippen LogP contribution in [0.2, 0.25) is 0 Å². The van der Waals surface area contributed by atoms with E-state index in [0.717, 1.165) is 12.3 Å². The Hall–Kier alpha value is -0.0400. The molecule has 0 aromatic carbocycles. The minimum Gasteiger partial charge on any atom is -0.237 e. The molecule has 1 aliphatic carbocycles. The highest BCUT2D eigenvalue weighted by molar-refractivity contribution is 4.78. The molecule has 1 fully saturated rings. The summed E-state index contributed by atoms with van der Waals surface area (Å²) in [7, 11) is 0. The van der Waals surface area contributed by atoms with Gasteiger partial charge in [-0.05, 0) is 30.6 Å². The van der Waals surface area contributed by atoms with Crippen molar-refractivity contribution in [3.8, 4) is 0 Å². The average molecular weight is 155 g/mol. The lowest BCUT2D eigenvalue weighted by molar-refractivity contribution is 0.121. The van der Waals surface area contributed by atoms with Gasteiger partial charge in [-0.2, -0.15) is 0 Å². The van der Waals surface area contributed by atoms with Gasteiger partial charge in [-0.3, -0.25) is 0 Å². The SMILES string of the molecule is CC1(C)CCCC(CC[O])C1. The molecular formula is C10H19O. The van der Waals surface area contributed by atoms with E-state index in [0.29, 0.717) is 5.41 Å². The third kappa shape index (κ3) is 2.82. The molecule has 11 heavy (non-hydrogen) atoms. The molecule has 1 atom stereocenters. The zero-order valence-electron chi connectivity index (χ0n) is 7.73. The van der Waals surface area contributed by atoms with Gasteiger partial charge in [-0.15, -0.1) is 0 Å². The van der Waals surface area contributed by atoms with Crippen LogP contribution in [0.15, 0.2) is 0 Å². The fourth-order valence-electron chi connectivity index (χ4n) is 2.27. The third-order valence-electron chi connectivity index (χ3n) is 2.83. The van der Waals surface area contributed by atoms with Crippen molar-refractivity contribution in [1.29, 1.82) is 0 Å². The largest absolute Gasteiger partial charge is 0.237 e. The molecule has 0 aliphatic heterocycles. The Labute approximate surface area is 69.8 Å². The van der Waals surface area contributed by atoms with Crippen LogP contribution in [0, 0.1) is 11.3 Å². The van der Waals surface area contributed by atoms with Gasteiger partial charge in [0.1, 0.15) is 0 Å². The van der Waals surface area contributed by atoms with E-state index in [1.165, 1.54) is 25.7 Å². The van der Waals surface area contributed by atoms with Crippen molar-refractivity contribution in [3.05, 3.63) is 0 Å². The summed E-state index contributed by atoms with van der Waals surface area (Å²) in [6, 6.07) is 0. The molecule has 0 N–H and O–H groups in total. The van der Waals surface area contributed by atoms with Gasteiger partial charge in [0, 0.05) is 0 Å². The molecule has 0 aromatic rings. The fourth-order valence-corrected chi connectivity index (χ4v) is 2.27. The third-order valence-corrected chi connectivity index (χ3v) is 2.83. The van der Waals surface area contributed by atoms with Crippen LogP contribution >= 0.6 is 0 Å². The molecular weight excluding hydrogens is 136 g/mol. The normalized spacial score (nSPS) is 30.3. The highest BCUT2D eigenvalue weighted by atomic mass is 16.3. The molecule has 1 unspecified atom stereocenters. The molecule has 1 nitrogen and oxygen atoms in total. The van der Waals surface area contributed by atoms with E-state index in [9.17, 15) is 5.11 Å². The van der Waals surface area contributed by atoms with Gasteiger partial charge < -0.3 is 0 Å². The molecule has 1 rings (SSSR count). The molecule has 0 amide bonds. The summed E-state index contributed by atoms with van der Waals surface area (Å²) in [4.78, 5) is 0. The van der Waals surface area contributed by atoms with Crippen molar-refractivity contribution >= 4 is 0 Å². The smallest absolute Gasteiger partial charge is 0.0825 e. The van der Waals surface area contributed by atoms with Gasteiger partial charge in [-0.1, -0.05) is 26.7 Å². The van der Waals surface area contributed by atoms with Crippen molar-refractivity contribution in [2.75, 3.05) is 6.61 Å². The minimum absolute atomic E-state index is 0.126. The standard InChI is InChI=1S/C10H19O/c1-10(2)6-3-4-9(8-10)5-7-11/h9H,3-8H2,1-2H3. The van der Waals surface area contributed by atoms with Crippen LogP contribution in [-0.2, 0) is 5.11 Å². The molecule has 0 heterocycles. The molecule has 1 heteroatoms. The molecule has 0 aromatic heterocycles. The van der Waals surface area contributed by atoms with Crippen LogP contribution in [0.4, 0.5) is 0 Å². The van der Waals surface area contributed by atoms with Crippen LogP contribution in [0.3, 0.4) is 0 Å². The zero-order valence-corrected chi connectivity index (χ0v) is 7.73. The van der Waals surface area contributed by atoms with Crippen LogP contribution in [0.25, 0.3) is 0 Å². The van der Waals surface area contributed by atoms with Crippen LogP contribution in [-0.4, -0.2) is 6.61 Å². The summed E-state index contributed by atoms with van der Waals surface area (Å²) in [5.41, 5.74) is 0.512. The summed E-state index contributed by atoms with van der Waals surface area (Å²) in [6.45, 7) is 4.77. The highest BCUT2D eigenvalue weighted by Crippen LogP contribution is 2.39. The second-order valence-electron chi connectivity index (χ2n) is 4.62. The topological polar surface area (TPSA) is 19.9 Å².